The summed E-state index contributed by atoms with van der Waals surface area (Å²) in [5.41, 5.74) is 18.6. The molecule has 0 fully saturated rings. The van der Waals surface area contributed by atoms with Crippen LogP contribution in [0.3, 0.4) is 0 Å². The second-order valence-electron chi connectivity index (χ2n) is 21.7. The minimum Gasteiger partial charge on any atom is -0.656 e. The van der Waals surface area contributed by atoms with Crippen molar-refractivity contribution in [1.82, 2.24) is 9.97 Å². The maximum Gasteiger partial charge on any atom is 3.00 e. The summed E-state index contributed by atoms with van der Waals surface area (Å²) < 4.78 is 0. The van der Waals surface area contributed by atoms with Crippen LogP contribution in [0.15, 0.2) is 148 Å². The Morgan fingerprint density at radius 3 is 0.892 bits per heavy atom. The van der Waals surface area contributed by atoms with Crippen LogP contribution in [0.5, 0.6) is 0 Å². The predicted molar refractivity (Wildman–Crippen MR) is 319 cm³/mol. The summed E-state index contributed by atoms with van der Waals surface area (Å²) in [5, 5.41) is 7.18. The van der Waals surface area contributed by atoms with Gasteiger partial charge in [-0.1, -0.05) is 251 Å². The molecule has 0 saturated carbocycles. The van der Waals surface area contributed by atoms with Crippen LogP contribution in [-0.4, -0.2) is 18.8 Å². The van der Waals surface area contributed by atoms with E-state index in [0.717, 1.165) is 55.9 Å². The normalized spacial score (nSPS) is 11.9. The number of para-hydroxylation sites is 6. The number of hydrogen-bond donors (Lipinski definition) is 0. The summed E-state index contributed by atoms with van der Waals surface area (Å²) in [7, 11) is 0. The van der Waals surface area contributed by atoms with Gasteiger partial charge in [0.25, 0.3) is 0 Å². The second-order valence-corrected chi connectivity index (χ2v) is 21.7. The Hall–Kier alpha value is -5.54. The Bertz CT molecular complexity index is 2820. The number of hydrogen-bond acceptors (Lipinski definition) is 3. The fraction of sp³-hybridized carbons (Fsp3) is 0.358. The molecule has 391 valence electrons. The van der Waals surface area contributed by atoms with Crippen molar-refractivity contribution in [3.05, 3.63) is 195 Å². The fourth-order valence-electron chi connectivity index (χ4n) is 9.27. The van der Waals surface area contributed by atoms with Crippen molar-refractivity contribution in [3.63, 3.8) is 0 Å². The summed E-state index contributed by atoms with van der Waals surface area (Å²) in [4.78, 5) is 23.8. The molecular formula is C67H81ErN6. The van der Waals surface area contributed by atoms with Gasteiger partial charge in [-0.2, -0.15) is 0 Å². The Kier molecular flexibility index (Phi) is 22.3. The molecule has 0 spiro atoms. The summed E-state index contributed by atoms with van der Waals surface area (Å²) in [5.74, 6) is 3.55. The fourth-order valence-corrected chi connectivity index (χ4v) is 9.27. The first-order valence-electron chi connectivity index (χ1n) is 26.7. The van der Waals surface area contributed by atoms with Gasteiger partial charge in [-0.25, -0.2) is 0 Å². The van der Waals surface area contributed by atoms with Crippen LogP contribution in [-0.2, 0) is 0 Å². The van der Waals surface area contributed by atoms with E-state index in [-0.39, 0.29) is 37.3 Å². The van der Waals surface area contributed by atoms with Crippen molar-refractivity contribution in [2.45, 2.75) is 158 Å². The van der Waals surface area contributed by atoms with E-state index in [1.165, 1.54) is 44.5 Å². The van der Waals surface area contributed by atoms with Crippen molar-refractivity contribution in [2.24, 2.45) is 15.0 Å². The zero-order valence-electron chi connectivity index (χ0n) is 47.0. The largest absolute Gasteiger partial charge is 3.00 e. The number of benzene rings is 6. The SMILES string of the molecule is CC(C)c1cccc(C(C)C)c1N=C[N-]c1c(C(C)C)cccc1C(C)C.CC(C)c1cccc(C(C)C)c1N=Cc1cc2ccccc2[n-]1.CC(C)c1cccc(C(C)C)c1N=Cc1cc2ccccc2[n-]1.[Er+3]. The van der Waals surface area contributed by atoms with Crippen LogP contribution in [0.25, 0.3) is 27.1 Å². The maximum atomic E-state index is 4.85. The molecule has 74 heavy (non-hydrogen) atoms. The van der Waals surface area contributed by atoms with Crippen molar-refractivity contribution in [1.29, 1.82) is 0 Å². The summed E-state index contributed by atoms with van der Waals surface area (Å²) >= 11 is 0. The molecule has 6 nitrogen and oxygen atoms in total. The van der Waals surface area contributed by atoms with E-state index >= 15 is 0 Å². The minimum atomic E-state index is 0. The first-order valence-corrected chi connectivity index (χ1v) is 26.7. The summed E-state index contributed by atoms with van der Waals surface area (Å²) in [6.07, 6.45) is 5.56. The molecule has 0 bridgehead atoms. The van der Waals surface area contributed by atoms with Crippen LogP contribution in [0.1, 0.15) is 214 Å². The molecule has 0 amide bonds. The second kappa shape index (κ2) is 27.8. The van der Waals surface area contributed by atoms with E-state index in [1.54, 1.807) is 6.34 Å². The average Bonchev–Trinajstić information content (AvgIpc) is 3.99. The van der Waals surface area contributed by atoms with Gasteiger partial charge in [0, 0.05) is 12.4 Å². The van der Waals surface area contributed by atoms with E-state index in [4.69, 9.17) is 20.3 Å². The molecule has 0 aliphatic carbocycles. The number of rotatable bonds is 15. The van der Waals surface area contributed by atoms with Crippen LogP contribution < -0.4 is 9.97 Å². The molecule has 2 aromatic heterocycles. The summed E-state index contributed by atoms with van der Waals surface area (Å²) in [6.45, 7) is 35.5. The third-order valence-corrected chi connectivity index (χ3v) is 13.4. The first-order chi connectivity index (χ1) is 34.9. The van der Waals surface area contributed by atoms with Crippen molar-refractivity contribution >= 4 is 63.3 Å². The third kappa shape index (κ3) is 15.3. The third-order valence-electron chi connectivity index (χ3n) is 13.4. The molecule has 1 radical (unpaired) electrons. The van der Waals surface area contributed by atoms with E-state index in [0.29, 0.717) is 47.3 Å². The van der Waals surface area contributed by atoms with Gasteiger partial charge >= 0.3 is 37.3 Å². The van der Waals surface area contributed by atoms with Crippen LogP contribution in [0, 0.1) is 37.3 Å². The molecule has 8 rings (SSSR count). The van der Waals surface area contributed by atoms with Gasteiger partial charge in [0.15, 0.2) is 0 Å². The van der Waals surface area contributed by atoms with Gasteiger partial charge in [-0.3, -0.25) is 9.98 Å². The predicted octanol–water partition coefficient (Wildman–Crippen LogP) is 20.1. The number of aromatic nitrogens is 2. The zero-order chi connectivity index (χ0) is 52.9. The molecule has 8 aromatic rings. The van der Waals surface area contributed by atoms with Crippen LogP contribution >= 0.6 is 0 Å². The smallest absolute Gasteiger partial charge is 0.656 e. The molecule has 7 heteroatoms. The topological polar surface area (TPSA) is 79.4 Å². The van der Waals surface area contributed by atoms with E-state index < -0.39 is 0 Å². The quantitative estimate of drug-likeness (QED) is 0.0757. The van der Waals surface area contributed by atoms with E-state index in [9.17, 15) is 0 Å². The Morgan fingerprint density at radius 1 is 0.338 bits per heavy atom. The van der Waals surface area contributed by atoms with Gasteiger partial charge < -0.3 is 20.3 Å². The van der Waals surface area contributed by atoms with Crippen molar-refractivity contribution < 1.29 is 37.3 Å². The minimum absolute atomic E-state index is 0. The van der Waals surface area contributed by atoms with Gasteiger partial charge in [-0.15, -0.1) is 22.4 Å². The van der Waals surface area contributed by atoms with Crippen LogP contribution in [0.2, 0.25) is 0 Å². The average molecular weight is 1140 g/mol. The Labute approximate surface area is 474 Å². The van der Waals surface area contributed by atoms with Crippen molar-refractivity contribution in [3.8, 4) is 0 Å². The Morgan fingerprint density at radius 2 is 0.608 bits per heavy atom. The maximum absolute atomic E-state index is 4.85. The van der Waals surface area contributed by atoms with Gasteiger partial charge in [0.1, 0.15) is 0 Å². The number of aliphatic imine (C=N–C) groups is 3. The number of nitrogens with zero attached hydrogens (tertiary/aromatic N) is 6. The van der Waals surface area contributed by atoms with Crippen molar-refractivity contribution in [2.75, 3.05) is 0 Å². The molecule has 0 atom stereocenters. The number of fused-ring (bicyclic) bond motifs is 2. The zero-order valence-corrected chi connectivity index (χ0v) is 48.9. The van der Waals surface area contributed by atoms with E-state index in [2.05, 4.69) is 218 Å². The van der Waals surface area contributed by atoms with Gasteiger partial charge in [-0.05, 0) is 114 Å². The molecule has 0 aliphatic heterocycles. The molecule has 2 heterocycles. The first kappa shape index (κ1) is 59.3. The molecular weight excluding hydrogens is 1060 g/mol. The molecule has 0 aliphatic rings. The Balaban J connectivity index is 0.000000205. The van der Waals surface area contributed by atoms with E-state index in [1.807, 2.05) is 48.8 Å². The van der Waals surface area contributed by atoms with Gasteiger partial charge in [0.05, 0.1) is 11.4 Å². The molecule has 0 saturated heterocycles. The van der Waals surface area contributed by atoms with Gasteiger partial charge in [0.2, 0.25) is 0 Å². The monoisotopic (exact) mass is 1140 g/mol. The standard InChI is InChI=1S/C25H35N2.2C21H23N2.Er/c1-16(2)20-11-9-12-21(17(3)4)24(20)26-15-27-25-22(18(5)6)13-10-14-23(25)19(7)8;2*1-14(2)18-9-7-10-19(15(3)4)21(18)22-13-17-12-16-8-5-6-11-20(16)23-17;/h9-19H,1-8H3;2*5-15H,1-4H3;/q3*-1;+3. The van der Waals surface area contributed by atoms with Crippen LogP contribution in [0.4, 0.5) is 22.7 Å². The summed E-state index contributed by atoms with van der Waals surface area (Å²) in [6, 6.07) is 46.5. The molecule has 0 N–H and O–H groups in total. The molecule has 6 aromatic carbocycles. The molecule has 0 unspecified atom stereocenters.